The van der Waals surface area contributed by atoms with Gasteiger partial charge in [-0.2, -0.15) is 13.2 Å². The highest BCUT2D eigenvalue weighted by Crippen LogP contribution is 2.71. The van der Waals surface area contributed by atoms with E-state index in [1.165, 1.54) is 0 Å². The van der Waals surface area contributed by atoms with Crippen LogP contribution in [0.25, 0.3) is 0 Å². The lowest BCUT2D eigenvalue weighted by Gasteiger charge is -2.64. The molecular weight excluding hydrogens is 241 g/mol. The van der Waals surface area contributed by atoms with Crippen LogP contribution in [0, 0.1) is 28.6 Å². The third-order valence-electron chi connectivity index (χ3n) is 5.63. The van der Waals surface area contributed by atoms with Gasteiger partial charge in [-0.3, -0.25) is 0 Å². The van der Waals surface area contributed by atoms with Crippen molar-refractivity contribution in [3.63, 3.8) is 0 Å². The Morgan fingerprint density at radius 2 is 1.67 bits per heavy atom. The normalized spacial score (nSPS) is 50.3. The quantitative estimate of drug-likeness (QED) is 0.544. The maximum absolute atomic E-state index is 13.5. The van der Waals surface area contributed by atoms with Crippen molar-refractivity contribution in [1.29, 1.82) is 0 Å². The molecule has 0 radical (unpaired) electrons. The van der Waals surface area contributed by atoms with E-state index >= 15 is 0 Å². The van der Waals surface area contributed by atoms with Gasteiger partial charge in [0.1, 0.15) is 6.29 Å². The smallest absolute Gasteiger partial charge is 0.303 e. The Morgan fingerprint density at radius 1 is 1.11 bits per heavy atom. The molecule has 4 bridgehead atoms. The minimum atomic E-state index is -4.27. The summed E-state index contributed by atoms with van der Waals surface area (Å²) in [7, 11) is 0. The molecular formula is C14H17F3O. The van der Waals surface area contributed by atoms with E-state index in [4.69, 9.17) is 0 Å². The van der Waals surface area contributed by atoms with E-state index in [-0.39, 0.29) is 24.7 Å². The van der Waals surface area contributed by atoms with Crippen LogP contribution in [-0.4, -0.2) is 12.5 Å². The zero-order valence-corrected chi connectivity index (χ0v) is 10.2. The van der Waals surface area contributed by atoms with E-state index in [1.807, 2.05) is 0 Å². The summed E-state index contributed by atoms with van der Waals surface area (Å²) in [4.78, 5) is 11.4. The zero-order valence-electron chi connectivity index (χ0n) is 10.2. The van der Waals surface area contributed by atoms with Gasteiger partial charge < -0.3 is 4.79 Å². The summed E-state index contributed by atoms with van der Waals surface area (Å²) in [5.41, 5.74) is -2.37. The summed E-state index contributed by atoms with van der Waals surface area (Å²) in [5.74, 6) is -0.683. The SMILES string of the molecule is C=CC12CC3CC(C1)CC(C(F)(F)F)(C3)C2C=O. The van der Waals surface area contributed by atoms with Crippen LogP contribution >= 0.6 is 0 Å². The average molecular weight is 258 g/mol. The van der Waals surface area contributed by atoms with E-state index in [1.54, 1.807) is 6.08 Å². The molecule has 0 aromatic rings. The fourth-order valence-corrected chi connectivity index (χ4v) is 5.25. The molecule has 1 nitrogen and oxygen atoms in total. The number of carbonyl (C=O) groups excluding carboxylic acids is 1. The largest absolute Gasteiger partial charge is 0.395 e. The lowest BCUT2D eigenvalue weighted by molar-refractivity contribution is -0.300. The molecule has 4 rings (SSSR count). The maximum Gasteiger partial charge on any atom is 0.395 e. The summed E-state index contributed by atoms with van der Waals surface area (Å²) < 4.78 is 40.6. The van der Waals surface area contributed by atoms with Crippen molar-refractivity contribution in [2.45, 2.75) is 38.3 Å². The minimum absolute atomic E-state index is 0.119. The van der Waals surface area contributed by atoms with Gasteiger partial charge in [0.2, 0.25) is 0 Å². The average Bonchev–Trinajstić information content (AvgIpc) is 2.26. The summed E-state index contributed by atoms with van der Waals surface area (Å²) in [6, 6.07) is 0. The molecule has 0 aliphatic heterocycles. The first-order valence-corrected chi connectivity index (χ1v) is 6.52. The van der Waals surface area contributed by atoms with Crippen molar-refractivity contribution in [3.8, 4) is 0 Å². The van der Waals surface area contributed by atoms with E-state index in [0.717, 1.165) is 6.42 Å². The Morgan fingerprint density at radius 3 is 2.06 bits per heavy atom. The molecule has 0 saturated heterocycles. The zero-order chi connectivity index (χ0) is 13.2. The predicted octanol–water partition coefficient (Wildman–Crippen LogP) is 3.75. The fourth-order valence-electron chi connectivity index (χ4n) is 5.25. The van der Waals surface area contributed by atoms with Crippen LogP contribution in [0.4, 0.5) is 13.2 Å². The van der Waals surface area contributed by atoms with Gasteiger partial charge in [-0.1, -0.05) is 6.08 Å². The van der Waals surface area contributed by atoms with Gasteiger partial charge in [-0.05, 0) is 49.4 Å². The lowest BCUT2D eigenvalue weighted by Crippen LogP contribution is -2.63. The van der Waals surface area contributed by atoms with Gasteiger partial charge >= 0.3 is 6.18 Å². The molecule has 0 spiro atoms. The summed E-state index contributed by atoms with van der Waals surface area (Å²) >= 11 is 0. The number of rotatable bonds is 2. The van der Waals surface area contributed by atoms with Crippen molar-refractivity contribution in [1.82, 2.24) is 0 Å². The molecule has 0 amide bonds. The Balaban J connectivity index is 2.14. The number of allylic oxidation sites excluding steroid dienone is 1. The molecule has 0 aromatic carbocycles. The van der Waals surface area contributed by atoms with Crippen LogP contribution in [-0.2, 0) is 4.79 Å². The lowest BCUT2D eigenvalue weighted by atomic mass is 9.39. The van der Waals surface area contributed by atoms with E-state index < -0.39 is 22.9 Å². The van der Waals surface area contributed by atoms with Gasteiger partial charge in [0.05, 0.1) is 5.41 Å². The van der Waals surface area contributed by atoms with Crippen LogP contribution in [0.5, 0.6) is 0 Å². The highest BCUT2D eigenvalue weighted by Gasteiger charge is 2.71. The third-order valence-corrected chi connectivity index (χ3v) is 5.63. The predicted molar refractivity (Wildman–Crippen MR) is 60.7 cm³/mol. The molecule has 0 N–H and O–H groups in total. The van der Waals surface area contributed by atoms with Gasteiger partial charge in [-0.15, -0.1) is 6.58 Å². The highest BCUT2D eigenvalue weighted by molar-refractivity contribution is 5.59. The molecule has 3 unspecified atom stereocenters. The minimum Gasteiger partial charge on any atom is -0.303 e. The second kappa shape index (κ2) is 3.40. The van der Waals surface area contributed by atoms with Crippen molar-refractivity contribution in [2.75, 3.05) is 0 Å². The van der Waals surface area contributed by atoms with Crippen molar-refractivity contribution in [2.24, 2.45) is 28.6 Å². The number of aldehydes is 1. The molecule has 18 heavy (non-hydrogen) atoms. The fraction of sp³-hybridized carbons (Fsp3) is 0.786. The van der Waals surface area contributed by atoms with Crippen LogP contribution in [0.2, 0.25) is 0 Å². The molecule has 4 fully saturated rings. The summed E-state index contributed by atoms with van der Waals surface area (Å²) in [6.45, 7) is 3.74. The van der Waals surface area contributed by atoms with E-state index in [0.29, 0.717) is 19.1 Å². The summed E-state index contributed by atoms with van der Waals surface area (Å²) in [6.07, 6.45) is 0.557. The monoisotopic (exact) mass is 258 g/mol. The molecule has 4 heteroatoms. The molecule has 4 saturated carbocycles. The number of carbonyl (C=O) groups is 1. The molecule has 0 heterocycles. The summed E-state index contributed by atoms with van der Waals surface area (Å²) in [5, 5.41) is 0. The number of alkyl halides is 3. The second-order valence-corrected chi connectivity index (χ2v) is 6.49. The van der Waals surface area contributed by atoms with Gasteiger partial charge in [-0.25, -0.2) is 0 Å². The first-order valence-electron chi connectivity index (χ1n) is 6.52. The van der Waals surface area contributed by atoms with Crippen LogP contribution in [0.3, 0.4) is 0 Å². The van der Waals surface area contributed by atoms with Gasteiger partial charge in [0.25, 0.3) is 0 Å². The van der Waals surface area contributed by atoms with E-state index in [2.05, 4.69) is 6.58 Å². The standard InChI is InChI=1S/C14H17F3O/c1-2-12-4-9-3-10(5-12)7-13(6-9,11(12)8-18)14(15,16)17/h2,8-11H,1,3-7H2. The van der Waals surface area contributed by atoms with Crippen molar-refractivity contribution in [3.05, 3.63) is 12.7 Å². The van der Waals surface area contributed by atoms with Crippen LogP contribution < -0.4 is 0 Å². The molecule has 3 atom stereocenters. The number of halogens is 3. The third kappa shape index (κ3) is 1.27. The Hall–Kier alpha value is -0.800. The topological polar surface area (TPSA) is 17.1 Å². The molecule has 4 aliphatic rings. The Labute approximate surface area is 104 Å². The van der Waals surface area contributed by atoms with Gasteiger partial charge in [0.15, 0.2) is 0 Å². The van der Waals surface area contributed by atoms with Crippen LogP contribution in [0.1, 0.15) is 32.1 Å². The number of hydrogen-bond donors (Lipinski definition) is 0. The Kier molecular flexibility index (Phi) is 2.31. The van der Waals surface area contributed by atoms with E-state index in [9.17, 15) is 18.0 Å². The maximum atomic E-state index is 13.5. The van der Waals surface area contributed by atoms with Crippen molar-refractivity contribution >= 4 is 6.29 Å². The Bertz CT molecular complexity index is 384. The first kappa shape index (κ1) is 12.2. The number of hydrogen-bond acceptors (Lipinski definition) is 1. The first-order chi connectivity index (χ1) is 8.37. The molecule has 100 valence electrons. The molecule has 4 aliphatic carbocycles. The second-order valence-electron chi connectivity index (χ2n) is 6.49. The highest BCUT2D eigenvalue weighted by atomic mass is 19.4. The van der Waals surface area contributed by atoms with Crippen LogP contribution in [0.15, 0.2) is 12.7 Å². The van der Waals surface area contributed by atoms with Crippen molar-refractivity contribution < 1.29 is 18.0 Å². The molecule has 0 aromatic heterocycles. The van der Waals surface area contributed by atoms with Gasteiger partial charge in [0, 0.05) is 5.92 Å².